The molecular weight excluding hydrogens is 184 g/mol. The molecule has 0 aromatic heterocycles. The smallest absolute Gasteiger partial charge is 0.161 e. The number of nitrogens with two attached hydrogens (primary N) is 1. The molecule has 0 fully saturated rings. The first kappa shape index (κ1) is 10.1. The zero-order valence-electron chi connectivity index (χ0n) is 7.34. The van der Waals surface area contributed by atoms with E-state index in [1.54, 1.807) is 6.92 Å². The summed E-state index contributed by atoms with van der Waals surface area (Å²) >= 11 is 1.13. The van der Waals surface area contributed by atoms with E-state index in [4.69, 9.17) is 10.8 Å². The van der Waals surface area contributed by atoms with E-state index in [-0.39, 0.29) is 0 Å². The summed E-state index contributed by atoms with van der Waals surface area (Å²) in [6, 6.07) is 9.40. The molecule has 1 aromatic carbocycles. The van der Waals surface area contributed by atoms with Gasteiger partial charge < -0.3 is 10.8 Å². The van der Waals surface area contributed by atoms with Crippen LogP contribution in [0.4, 0.5) is 5.69 Å². The Morgan fingerprint density at radius 1 is 1.46 bits per heavy atom. The summed E-state index contributed by atoms with van der Waals surface area (Å²) in [5.74, 6) is 0. The van der Waals surface area contributed by atoms with E-state index >= 15 is 0 Å². The number of aliphatic hydroxyl groups excluding tert-OH is 1. The monoisotopic (exact) mass is 196 g/mol. The Kier molecular flexibility index (Phi) is 3.79. The normalized spacial score (nSPS) is 14.2. The zero-order chi connectivity index (χ0) is 9.68. The van der Waals surface area contributed by atoms with Crippen LogP contribution in [-0.4, -0.2) is 15.7 Å². The number of para-hydroxylation sites is 1. The molecule has 0 spiro atoms. The fourth-order valence-electron chi connectivity index (χ4n) is 0.831. The van der Waals surface area contributed by atoms with Crippen molar-refractivity contribution in [3.05, 3.63) is 30.3 Å². The van der Waals surface area contributed by atoms with Gasteiger partial charge in [0.1, 0.15) is 5.44 Å². The lowest BCUT2D eigenvalue weighted by Crippen LogP contribution is -2.10. The molecular formula is C9H12N2OS. The summed E-state index contributed by atoms with van der Waals surface area (Å²) in [5.41, 5.74) is 5.84. The molecule has 1 atom stereocenters. The molecule has 0 heterocycles. The number of amidine groups is 1. The SMILES string of the molecule is CC(O)SC(N)=Nc1ccccc1. The van der Waals surface area contributed by atoms with Gasteiger partial charge in [-0.05, 0) is 19.1 Å². The second-order valence-electron chi connectivity index (χ2n) is 2.50. The molecule has 0 saturated carbocycles. The van der Waals surface area contributed by atoms with Crippen LogP contribution in [-0.2, 0) is 0 Å². The first-order valence-electron chi connectivity index (χ1n) is 3.92. The zero-order valence-corrected chi connectivity index (χ0v) is 8.16. The Bertz CT molecular complexity index is 285. The van der Waals surface area contributed by atoms with E-state index in [0.717, 1.165) is 17.4 Å². The van der Waals surface area contributed by atoms with Gasteiger partial charge in [-0.2, -0.15) is 0 Å². The van der Waals surface area contributed by atoms with Gasteiger partial charge in [-0.3, -0.25) is 0 Å². The van der Waals surface area contributed by atoms with Crippen molar-refractivity contribution in [3.63, 3.8) is 0 Å². The predicted octanol–water partition coefficient (Wildman–Crippen LogP) is 1.70. The topological polar surface area (TPSA) is 58.6 Å². The highest BCUT2D eigenvalue weighted by atomic mass is 32.2. The lowest BCUT2D eigenvalue weighted by atomic mass is 10.3. The standard InChI is InChI=1S/C9H12N2OS/c1-7(12)13-9(10)11-8-5-3-2-4-6-8/h2-7,12H,1H3,(H2,10,11). The van der Waals surface area contributed by atoms with Crippen molar-refractivity contribution in [1.29, 1.82) is 0 Å². The van der Waals surface area contributed by atoms with E-state index in [1.807, 2.05) is 30.3 Å². The number of nitrogens with zero attached hydrogens (tertiary/aromatic N) is 1. The van der Waals surface area contributed by atoms with Crippen molar-refractivity contribution in [2.75, 3.05) is 0 Å². The average Bonchev–Trinajstić information content (AvgIpc) is 2.04. The molecule has 0 aliphatic carbocycles. The second kappa shape index (κ2) is 4.89. The van der Waals surface area contributed by atoms with E-state index in [0.29, 0.717) is 5.17 Å². The number of thioether (sulfide) groups is 1. The van der Waals surface area contributed by atoms with Crippen molar-refractivity contribution in [3.8, 4) is 0 Å². The van der Waals surface area contributed by atoms with Gasteiger partial charge in [0, 0.05) is 0 Å². The highest BCUT2D eigenvalue weighted by Gasteiger charge is 1.99. The molecule has 0 bridgehead atoms. The van der Waals surface area contributed by atoms with E-state index < -0.39 is 5.44 Å². The summed E-state index contributed by atoms with van der Waals surface area (Å²) in [7, 11) is 0. The van der Waals surface area contributed by atoms with Gasteiger partial charge in [0.2, 0.25) is 0 Å². The molecule has 0 aliphatic rings. The van der Waals surface area contributed by atoms with Crippen molar-refractivity contribution in [2.24, 2.45) is 10.7 Å². The molecule has 0 aliphatic heterocycles. The quantitative estimate of drug-likeness (QED) is 0.430. The molecule has 0 saturated heterocycles. The number of hydrogen-bond acceptors (Lipinski definition) is 3. The van der Waals surface area contributed by atoms with Crippen LogP contribution in [0.1, 0.15) is 6.92 Å². The molecule has 1 rings (SSSR count). The van der Waals surface area contributed by atoms with Gasteiger partial charge in [-0.25, -0.2) is 4.99 Å². The summed E-state index contributed by atoms with van der Waals surface area (Å²) in [6.45, 7) is 1.65. The number of aliphatic hydroxyl groups is 1. The Labute approximate surface area is 81.7 Å². The van der Waals surface area contributed by atoms with Gasteiger partial charge in [-0.1, -0.05) is 30.0 Å². The van der Waals surface area contributed by atoms with Gasteiger partial charge in [-0.15, -0.1) is 0 Å². The average molecular weight is 196 g/mol. The third-order valence-corrected chi connectivity index (χ3v) is 1.96. The van der Waals surface area contributed by atoms with Crippen LogP contribution in [0, 0.1) is 0 Å². The molecule has 1 aromatic rings. The van der Waals surface area contributed by atoms with Crippen LogP contribution in [0.15, 0.2) is 35.3 Å². The molecule has 3 N–H and O–H groups in total. The van der Waals surface area contributed by atoms with E-state index in [9.17, 15) is 0 Å². The van der Waals surface area contributed by atoms with E-state index in [1.165, 1.54) is 0 Å². The van der Waals surface area contributed by atoms with Crippen LogP contribution >= 0.6 is 11.8 Å². The number of benzene rings is 1. The summed E-state index contributed by atoms with van der Waals surface area (Å²) < 4.78 is 0. The number of aliphatic imine (C=N–C) groups is 1. The maximum atomic E-state index is 9.00. The molecule has 4 heteroatoms. The lowest BCUT2D eigenvalue weighted by molar-refractivity contribution is 0.285. The fraction of sp³-hybridized carbons (Fsp3) is 0.222. The third kappa shape index (κ3) is 3.96. The second-order valence-corrected chi connectivity index (χ2v) is 3.84. The van der Waals surface area contributed by atoms with Crippen molar-refractivity contribution < 1.29 is 5.11 Å². The minimum absolute atomic E-state index is 0.376. The van der Waals surface area contributed by atoms with Crippen LogP contribution in [0.5, 0.6) is 0 Å². The van der Waals surface area contributed by atoms with Crippen molar-refractivity contribution >= 4 is 22.6 Å². The van der Waals surface area contributed by atoms with E-state index in [2.05, 4.69) is 4.99 Å². The molecule has 0 amide bonds. The van der Waals surface area contributed by atoms with Gasteiger partial charge >= 0.3 is 0 Å². The Morgan fingerprint density at radius 3 is 2.62 bits per heavy atom. The minimum Gasteiger partial charge on any atom is -0.382 e. The van der Waals surface area contributed by atoms with Crippen LogP contribution in [0.3, 0.4) is 0 Å². The number of hydrogen-bond donors (Lipinski definition) is 2. The van der Waals surface area contributed by atoms with Crippen LogP contribution in [0.25, 0.3) is 0 Å². The lowest BCUT2D eigenvalue weighted by Gasteiger charge is -2.02. The Balaban J connectivity index is 2.66. The van der Waals surface area contributed by atoms with Crippen molar-refractivity contribution in [2.45, 2.75) is 12.4 Å². The Morgan fingerprint density at radius 2 is 2.08 bits per heavy atom. The summed E-state index contributed by atoms with van der Waals surface area (Å²) in [6.07, 6.45) is 0. The first-order chi connectivity index (χ1) is 6.18. The molecule has 3 nitrogen and oxygen atoms in total. The van der Waals surface area contributed by atoms with Gasteiger partial charge in [0.25, 0.3) is 0 Å². The Hall–Kier alpha value is -1.00. The maximum Gasteiger partial charge on any atom is 0.161 e. The fourth-order valence-corrected chi connectivity index (χ4v) is 1.34. The van der Waals surface area contributed by atoms with Crippen LogP contribution < -0.4 is 5.73 Å². The molecule has 70 valence electrons. The van der Waals surface area contributed by atoms with Crippen molar-refractivity contribution in [1.82, 2.24) is 0 Å². The molecule has 0 radical (unpaired) electrons. The van der Waals surface area contributed by atoms with Gasteiger partial charge in [0.15, 0.2) is 5.17 Å². The third-order valence-electron chi connectivity index (χ3n) is 1.29. The minimum atomic E-state index is -0.521. The molecule has 1 unspecified atom stereocenters. The largest absolute Gasteiger partial charge is 0.382 e. The van der Waals surface area contributed by atoms with Crippen LogP contribution in [0.2, 0.25) is 0 Å². The highest BCUT2D eigenvalue weighted by Crippen LogP contribution is 2.14. The number of rotatable bonds is 2. The maximum absolute atomic E-state index is 9.00. The molecule has 13 heavy (non-hydrogen) atoms. The highest BCUT2D eigenvalue weighted by molar-refractivity contribution is 8.14. The summed E-state index contributed by atoms with van der Waals surface area (Å²) in [5, 5.41) is 9.38. The first-order valence-corrected chi connectivity index (χ1v) is 4.80. The summed E-state index contributed by atoms with van der Waals surface area (Å²) in [4.78, 5) is 4.10. The van der Waals surface area contributed by atoms with Gasteiger partial charge in [0.05, 0.1) is 5.69 Å². The predicted molar refractivity (Wildman–Crippen MR) is 57.0 cm³/mol.